The second kappa shape index (κ2) is 8.97. The van der Waals surface area contributed by atoms with Gasteiger partial charge in [-0.05, 0) is 24.3 Å². The summed E-state index contributed by atoms with van der Waals surface area (Å²) >= 11 is 0. The maximum atomic E-state index is 14.4. The summed E-state index contributed by atoms with van der Waals surface area (Å²) in [6.07, 6.45) is 0. The van der Waals surface area contributed by atoms with Gasteiger partial charge in [0.1, 0.15) is 11.5 Å². The smallest absolute Gasteiger partial charge is 0.271 e. The molecular weight excluding hydrogens is 435 g/mol. The Morgan fingerprint density at radius 3 is 2.41 bits per heavy atom. The number of nitro benzene ring substituents is 1. The van der Waals surface area contributed by atoms with E-state index in [9.17, 15) is 19.3 Å². The molecule has 0 bridgehead atoms. The zero-order valence-corrected chi connectivity index (χ0v) is 18.4. The highest BCUT2D eigenvalue weighted by atomic mass is 19.1. The van der Waals surface area contributed by atoms with Crippen molar-refractivity contribution in [2.45, 2.75) is 6.54 Å². The molecule has 1 aliphatic heterocycles. The molecule has 0 N–H and O–H groups in total. The van der Waals surface area contributed by atoms with Crippen molar-refractivity contribution in [1.29, 1.82) is 0 Å². The predicted octanol–water partition coefficient (Wildman–Crippen LogP) is 4.70. The van der Waals surface area contributed by atoms with Crippen molar-refractivity contribution in [1.82, 2.24) is 9.47 Å². The monoisotopic (exact) mass is 458 g/mol. The fourth-order valence-corrected chi connectivity index (χ4v) is 4.49. The van der Waals surface area contributed by atoms with Crippen LogP contribution in [0, 0.1) is 15.9 Å². The molecule has 3 aromatic carbocycles. The van der Waals surface area contributed by atoms with Gasteiger partial charge in [0, 0.05) is 60.5 Å². The number of para-hydroxylation sites is 1. The van der Waals surface area contributed by atoms with Crippen LogP contribution in [-0.4, -0.2) is 46.5 Å². The molecule has 1 aliphatic rings. The van der Waals surface area contributed by atoms with E-state index in [1.807, 2.05) is 45.9 Å². The van der Waals surface area contributed by atoms with Crippen LogP contribution >= 0.6 is 0 Å². The molecule has 1 saturated heterocycles. The number of fused-ring (bicyclic) bond motifs is 1. The van der Waals surface area contributed by atoms with E-state index in [1.165, 1.54) is 12.1 Å². The molecule has 1 amide bonds. The van der Waals surface area contributed by atoms with Gasteiger partial charge in [-0.1, -0.05) is 42.5 Å². The summed E-state index contributed by atoms with van der Waals surface area (Å²) in [7, 11) is 0. The van der Waals surface area contributed by atoms with E-state index in [0.29, 0.717) is 37.4 Å². The number of anilines is 1. The van der Waals surface area contributed by atoms with Crippen molar-refractivity contribution in [3.05, 3.63) is 106 Å². The largest absolute Gasteiger partial charge is 0.368 e. The first-order valence-corrected chi connectivity index (χ1v) is 11.1. The zero-order chi connectivity index (χ0) is 23.7. The third-order valence-corrected chi connectivity index (χ3v) is 6.29. The Balaban J connectivity index is 1.39. The summed E-state index contributed by atoms with van der Waals surface area (Å²) in [5.74, 6) is -0.407. The first kappa shape index (κ1) is 21.6. The molecule has 34 heavy (non-hydrogen) atoms. The van der Waals surface area contributed by atoms with Gasteiger partial charge in [0.05, 0.1) is 11.5 Å². The molecule has 8 heteroatoms. The molecule has 5 rings (SSSR count). The van der Waals surface area contributed by atoms with Gasteiger partial charge in [-0.15, -0.1) is 0 Å². The van der Waals surface area contributed by atoms with E-state index in [1.54, 1.807) is 35.2 Å². The van der Waals surface area contributed by atoms with E-state index in [4.69, 9.17) is 0 Å². The Hall–Kier alpha value is -4.20. The average molecular weight is 458 g/mol. The SMILES string of the molecule is O=C(c1cc2ccccc2n1Cc1ccccc1F)N1CCN(c2cccc([N+](=O)[O-])c2)CC1. The van der Waals surface area contributed by atoms with Gasteiger partial charge in [-0.25, -0.2) is 4.39 Å². The quantitative estimate of drug-likeness (QED) is 0.321. The molecule has 7 nitrogen and oxygen atoms in total. The molecular formula is C26H23FN4O3. The van der Waals surface area contributed by atoms with Crippen LogP contribution in [0.1, 0.15) is 16.1 Å². The lowest BCUT2D eigenvalue weighted by atomic mass is 10.2. The maximum absolute atomic E-state index is 14.4. The van der Waals surface area contributed by atoms with Crippen LogP contribution in [0.4, 0.5) is 15.8 Å². The minimum atomic E-state index is -0.405. The van der Waals surface area contributed by atoms with Crippen molar-refractivity contribution in [3.63, 3.8) is 0 Å². The number of benzene rings is 3. The zero-order valence-electron chi connectivity index (χ0n) is 18.4. The Kier molecular flexibility index (Phi) is 5.71. The number of carbonyl (C=O) groups is 1. The minimum absolute atomic E-state index is 0.0497. The Bertz CT molecular complexity index is 1380. The summed E-state index contributed by atoms with van der Waals surface area (Å²) in [6.45, 7) is 2.38. The molecule has 0 unspecified atom stereocenters. The number of hydrogen-bond donors (Lipinski definition) is 0. The van der Waals surface area contributed by atoms with Gasteiger partial charge >= 0.3 is 0 Å². The van der Waals surface area contributed by atoms with E-state index >= 15 is 0 Å². The van der Waals surface area contributed by atoms with Crippen molar-refractivity contribution in [2.75, 3.05) is 31.1 Å². The predicted molar refractivity (Wildman–Crippen MR) is 129 cm³/mol. The topological polar surface area (TPSA) is 71.6 Å². The van der Waals surface area contributed by atoms with Crippen molar-refractivity contribution >= 4 is 28.2 Å². The summed E-state index contributed by atoms with van der Waals surface area (Å²) in [6, 6.07) is 22.7. The first-order valence-electron chi connectivity index (χ1n) is 11.1. The number of non-ortho nitro benzene ring substituents is 1. The molecule has 0 spiro atoms. The number of carbonyl (C=O) groups excluding carboxylic acids is 1. The third kappa shape index (κ3) is 4.10. The third-order valence-electron chi connectivity index (χ3n) is 6.29. The van der Waals surface area contributed by atoms with Gasteiger partial charge < -0.3 is 14.4 Å². The number of amides is 1. The number of piperazine rings is 1. The van der Waals surface area contributed by atoms with Gasteiger partial charge in [-0.3, -0.25) is 14.9 Å². The molecule has 4 aromatic rings. The van der Waals surface area contributed by atoms with E-state index in [0.717, 1.165) is 16.6 Å². The molecule has 1 aromatic heterocycles. The van der Waals surface area contributed by atoms with Crippen molar-refractivity contribution < 1.29 is 14.1 Å². The number of aromatic nitrogens is 1. The lowest BCUT2D eigenvalue weighted by Gasteiger charge is -2.36. The highest BCUT2D eigenvalue weighted by molar-refractivity contribution is 5.99. The molecule has 0 saturated carbocycles. The van der Waals surface area contributed by atoms with Crippen molar-refractivity contribution in [3.8, 4) is 0 Å². The van der Waals surface area contributed by atoms with Crippen LogP contribution in [0.5, 0.6) is 0 Å². The summed E-state index contributed by atoms with van der Waals surface area (Å²) in [5.41, 5.74) is 2.75. The van der Waals surface area contributed by atoms with Gasteiger partial charge in [-0.2, -0.15) is 0 Å². The van der Waals surface area contributed by atoms with Crippen LogP contribution in [-0.2, 0) is 6.54 Å². The van der Waals surface area contributed by atoms with Gasteiger partial charge in [0.15, 0.2) is 0 Å². The van der Waals surface area contributed by atoms with Crippen molar-refractivity contribution in [2.24, 2.45) is 0 Å². The number of nitrogens with zero attached hydrogens (tertiary/aromatic N) is 4. The summed E-state index contributed by atoms with van der Waals surface area (Å²) < 4.78 is 16.3. The summed E-state index contributed by atoms with van der Waals surface area (Å²) in [4.78, 5) is 28.1. The minimum Gasteiger partial charge on any atom is -0.368 e. The van der Waals surface area contributed by atoms with E-state index < -0.39 is 4.92 Å². The van der Waals surface area contributed by atoms with E-state index in [-0.39, 0.29) is 24.0 Å². The second-order valence-electron chi connectivity index (χ2n) is 8.32. The fourth-order valence-electron chi connectivity index (χ4n) is 4.49. The number of hydrogen-bond acceptors (Lipinski definition) is 4. The highest BCUT2D eigenvalue weighted by Gasteiger charge is 2.26. The Morgan fingerprint density at radius 2 is 1.65 bits per heavy atom. The van der Waals surface area contributed by atoms with Crippen LogP contribution in [0.3, 0.4) is 0 Å². The van der Waals surface area contributed by atoms with Gasteiger partial charge in [0.2, 0.25) is 0 Å². The second-order valence-corrected chi connectivity index (χ2v) is 8.32. The number of rotatable bonds is 5. The molecule has 1 fully saturated rings. The normalized spacial score (nSPS) is 13.9. The average Bonchev–Trinajstić information content (AvgIpc) is 3.23. The van der Waals surface area contributed by atoms with Gasteiger partial charge in [0.25, 0.3) is 11.6 Å². The standard InChI is InChI=1S/C26H23FN4O3/c27-23-10-3-1-7-20(23)18-30-24-11-4-2-6-19(24)16-25(30)26(32)29-14-12-28(13-15-29)21-8-5-9-22(17-21)31(33)34/h1-11,16-17H,12-15,18H2. The molecule has 0 aliphatic carbocycles. The molecule has 0 atom stereocenters. The number of halogens is 1. The first-order chi connectivity index (χ1) is 16.5. The lowest BCUT2D eigenvalue weighted by molar-refractivity contribution is -0.384. The summed E-state index contributed by atoms with van der Waals surface area (Å²) in [5, 5.41) is 12.0. The molecule has 172 valence electrons. The van der Waals surface area contributed by atoms with Crippen LogP contribution < -0.4 is 4.90 Å². The van der Waals surface area contributed by atoms with E-state index in [2.05, 4.69) is 0 Å². The maximum Gasteiger partial charge on any atom is 0.271 e. The lowest BCUT2D eigenvalue weighted by Crippen LogP contribution is -2.49. The Morgan fingerprint density at radius 1 is 0.912 bits per heavy atom. The number of nitro groups is 1. The van der Waals surface area contributed by atoms with Crippen LogP contribution in [0.2, 0.25) is 0 Å². The fraction of sp³-hybridized carbons (Fsp3) is 0.192. The highest BCUT2D eigenvalue weighted by Crippen LogP contribution is 2.25. The Labute approximate surface area is 195 Å². The molecule has 0 radical (unpaired) electrons. The molecule has 2 heterocycles. The van der Waals surface area contributed by atoms with Crippen LogP contribution in [0.25, 0.3) is 10.9 Å². The van der Waals surface area contributed by atoms with Crippen LogP contribution in [0.15, 0.2) is 78.9 Å².